The van der Waals surface area contributed by atoms with Crippen molar-refractivity contribution < 1.29 is 0 Å². The van der Waals surface area contributed by atoms with Gasteiger partial charge in [0.25, 0.3) is 0 Å². The lowest BCUT2D eigenvalue weighted by molar-refractivity contribution is 0.757. The molecule has 2 aromatic rings. The number of hydrogen-bond acceptors (Lipinski definition) is 1. The molecule has 1 heterocycles. The number of rotatable bonds is 3. The van der Waals surface area contributed by atoms with E-state index in [-0.39, 0.29) is 5.38 Å². The molecule has 0 spiro atoms. The zero-order chi connectivity index (χ0) is 10.7. The zero-order valence-corrected chi connectivity index (χ0v) is 9.35. The molecule has 0 fully saturated rings. The maximum Gasteiger partial charge on any atom is 0.0756 e. The first-order valence-corrected chi connectivity index (χ1v) is 5.50. The quantitative estimate of drug-likeness (QED) is 0.724. The van der Waals surface area contributed by atoms with Crippen LogP contribution in [0.1, 0.15) is 24.4 Å². The fourth-order valence-electron chi connectivity index (χ4n) is 1.54. The highest BCUT2D eigenvalue weighted by Crippen LogP contribution is 2.25. The number of benzene rings is 1. The number of para-hydroxylation sites is 1. The summed E-state index contributed by atoms with van der Waals surface area (Å²) in [6.07, 6.45) is 2.69. The average molecular weight is 221 g/mol. The van der Waals surface area contributed by atoms with Gasteiger partial charge in [0.05, 0.1) is 16.8 Å². The molecule has 0 aliphatic heterocycles. The minimum atomic E-state index is 0.0210. The number of halogens is 1. The highest BCUT2D eigenvalue weighted by Gasteiger charge is 2.11. The molecule has 0 N–H and O–H groups in total. The SMILES string of the molecule is CCC(Cl)c1ccnn1-c1ccccc1. The van der Waals surface area contributed by atoms with E-state index < -0.39 is 0 Å². The molecule has 0 saturated carbocycles. The number of nitrogens with zero attached hydrogens (tertiary/aromatic N) is 2. The highest BCUT2D eigenvalue weighted by molar-refractivity contribution is 6.20. The van der Waals surface area contributed by atoms with Gasteiger partial charge in [0.1, 0.15) is 0 Å². The van der Waals surface area contributed by atoms with Gasteiger partial charge in [0, 0.05) is 6.20 Å². The van der Waals surface area contributed by atoms with Crippen LogP contribution in [0.15, 0.2) is 42.6 Å². The minimum absolute atomic E-state index is 0.0210. The van der Waals surface area contributed by atoms with Gasteiger partial charge < -0.3 is 0 Å². The van der Waals surface area contributed by atoms with Gasteiger partial charge >= 0.3 is 0 Å². The molecule has 2 nitrogen and oxygen atoms in total. The Hall–Kier alpha value is -1.28. The summed E-state index contributed by atoms with van der Waals surface area (Å²) in [4.78, 5) is 0. The van der Waals surface area contributed by atoms with Crippen molar-refractivity contribution in [2.24, 2.45) is 0 Å². The van der Waals surface area contributed by atoms with Crippen LogP contribution in [0.25, 0.3) is 5.69 Å². The summed E-state index contributed by atoms with van der Waals surface area (Å²) in [6, 6.07) is 12.0. The van der Waals surface area contributed by atoms with Crippen LogP contribution >= 0.6 is 11.6 Å². The van der Waals surface area contributed by atoms with E-state index in [1.54, 1.807) is 6.20 Å². The van der Waals surface area contributed by atoms with Crippen molar-refractivity contribution in [2.45, 2.75) is 18.7 Å². The largest absolute Gasteiger partial charge is 0.236 e. The number of aromatic nitrogens is 2. The van der Waals surface area contributed by atoms with Gasteiger partial charge in [-0.15, -0.1) is 11.6 Å². The normalized spacial score (nSPS) is 12.7. The monoisotopic (exact) mass is 220 g/mol. The molecule has 1 unspecified atom stereocenters. The molecule has 1 aromatic heterocycles. The smallest absolute Gasteiger partial charge is 0.0756 e. The van der Waals surface area contributed by atoms with Crippen LogP contribution in [0.5, 0.6) is 0 Å². The summed E-state index contributed by atoms with van der Waals surface area (Å²) in [5.41, 5.74) is 2.10. The first kappa shape index (κ1) is 10.2. The molecule has 0 saturated heterocycles. The van der Waals surface area contributed by atoms with Gasteiger partial charge in [-0.1, -0.05) is 25.1 Å². The van der Waals surface area contributed by atoms with Gasteiger partial charge in [-0.2, -0.15) is 5.10 Å². The van der Waals surface area contributed by atoms with E-state index in [1.807, 2.05) is 41.1 Å². The van der Waals surface area contributed by atoms with E-state index in [0.717, 1.165) is 17.8 Å². The lowest BCUT2D eigenvalue weighted by Gasteiger charge is -2.10. The van der Waals surface area contributed by atoms with Crippen LogP contribution in [0, 0.1) is 0 Å². The summed E-state index contributed by atoms with van der Waals surface area (Å²) in [5, 5.41) is 4.31. The molecule has 2 rings (SSSR count). The van der Waals surface area contributed by atoms with Crippen molar-refractivity contribution in [2.75, 3.05) is 0 Å². The Morgan fingerprint density at radius 3 is 2.67 bits per heavy atom. The summed E-state index contributed by atoms with van der Waals surface area (Å²) in [6.45, 7) is 2.07. The summed E-state index contributed by atoms with van der Waals surface area (Å²) >= 11 is 6.23. The first-order valence-electron chi connectivity index (χ1n) is 5.06. The Morgan fingerprint density at radius 1 is 1.27 bits per heavy atom. The van der Waals surface area contributed by atoms with E-state index in [9.17, 15) is 0 Å². The van der Waals surface area contributed by atoms with Crippen molar-refractivity contribution >= 4 is 11.6 Å². The second kappa shape index (κ2) is 4.49. The molecular formula is C12H13ClN2. The third kappa shape index (κ3) is 2.05. The van der Waals surface area contributed by atoms with Crippen LogP contribution in [-0.2, 0) is 0 Å². The zero-order valence-electron chi connectivity index (χ0n) is 8.60. The molecular weight excluding hydrogens is 208 g/mol. The lowest BCUT2D eigenvalue weighted by Crippen LogP contribution is -2.03. The predicted molar refractivity (Wildman–Crippen MR) is 62.4 cm³/mol. The van der Waals surface area contributed by atoms with Crippen molar-refractivity contribution in [3.05, 3.63) is 48.3 Å². The lowest BCUT2D eigenvalue weighted by atomic mass is 10.2. The van der Waals surface area contributed by atoms with E-state index in [1.165, 1.54) is 0 Å². The Kier molecular flexibility index (Phi) is 3.07. The molecule has 3 heteroatoms. The van der Waals surface area contributed by atoms with Crippen LogP contribution in [-0.4, -0.2) is 9.78 Å². The fourth-order valence-corrected chi connectivity index (χ4v) is 1.71. The van der Waals surface area contributed by atoms with Gasteiger partial charge in [0.2, 0.25) is 0 Å². The predicted octanol–water partition coefficient (Wildman–Crippen LogP) is 3.56. The van der Waals surface area contributed by atoms with Gasteiger partial charge in [-0.05, 0) is 24.6 Å². The topological polar surface area (TPSA) is 17.8 Å². The summed E-state index contributed by atoms with van der Waals surface area (Å²) in [7, 11) is 0. The highest BCUT2D eigenvalue weighted by atomic mass is 35.5. The maximum atomic E-state index is 6.23. The molecule has 1 aromatic carbocycles. The van der Waals surface area contributed by atoms with Crippen LogP contribution < -0.4 is 0 Å². The van der Waals surface area contributed by atoms with Crippen molar-refractivity contribution in [3.8, 4) is 5.69 Å². The molecule has 1 atom stereocenters. The average Bonchev–Trinajstić information content (AvgIpc) is 2.78. The molecule has 0 radical (unpaired) electrons. The molecule has 15 heavy (non-hydrogen) atoms. The maximum absolute atomic E-state index is 6.23. The first-order chi connectivity index (χ1) is 7.33. The molecule has 78 valence electrons. The number of alkyl halides is 1. The van der Waals surface area contributed by atoms with Crippen molar-refractivity contribution in [1.29, 1.82) is 0 Å². The molecule has 0 aliphatic rings. The van der Waals surface area contributed by atoms with Gasteiger partial charge in [-0.25, -0.2) is 4.68 Å². The van der Waals surface area contributed by atoms with E-state index in [2.05, 4.69) is 12.0 Å². The van der Waals surface area contributed by atoms with Crippen LogP contribution in [0.3, 0.4) is 0 Å². The fraction of sp³-hybridized carbons (Fsp3) is 0.250. The van der Waals surface area contributed by atoms with Gasteiger partial charge in [0.15, 0.2) is 0 Å². The minimum Gasteiger partial charge on any atom is -0.236 e. The van der Waals surface area contributed by atoms with Gasteiger partial charge in [-0.3, -0.25) is 0 Å². The molecule has 0 aliphatic carbocycles. The summed E-state index contributed by atoms with van der Waals surface area (Å²) < 4.78 is 1.89. The second-order valence-electron chi connectivity index (χ2n) is 3.38. The van der Waals surface area contributed by atoms with Crippen LogP contribution in [0.2, 0.25) is 0 Å². The molecule has 0 amide bonds. The third-order valence-corrected chi connectivity index (χ3v) is 2.88. The van der Waals surface area contributed by atoms with E-state index >= 15 is 0 Å². The summed E-state index contributed by atoms with van der Waals surface area (Å²) in [5.74, 6) is 0. The Labute approximate surface area is 94.5 Å². The second-order valence-corrected chi connectivity index (χ2v) is 3.91. The van der Waals surface area contributed by atoms with Crippen molar-refractivity contribution in [1.82, 2.24) is 9.78 Å². The van der Waals surface area contributed by atoms with E-state index in [0.29, 0.717) is 0 Å². The Balaban J connectivity index is 2.41. The molecule has 0 bridgehead atoms. The Morgan fingerprint density at radius 2 is 2.00 bits per heavy atom. The van der Waals surface area contributed by atoms with Crippen LogP contribution in [0.4, 0.5) is 0 Å². The van der Waals surface area contributed by atoms with E-state index in [4.69, 9.17) is 11.6 Å². The Bertz CT molecular complexity index is 422. The standard InChI is InChI=1S/C12H13ClN2/c1-2-11(13)12-8-9-14-15(12)10-6-4-3-5-7-10/h3-9,11H,2H2,1H3. The third-order valence-electron chi connectivity index (χ3n) is 2.35. The van der Waals surface area contributed by atoms with Crippen molar-refractivity contribution in [3.63, 3.8) is 0 Å². The number of hydrogen-bond donors (Lipinski definition) is 0.